The molecular weight excluding hydrogens is 300 g/mol. The maximum Gasteiger partial charge on any atom is 0.339 e. The van der Waals surface area contributed by atoms with E-state index in [1.165, 1.54) is 30.3 Å². The van der Waals surface area contributed by atoms with Crippen molar-refractivity contribution in [2.45, 2.75) is 4.90 Å². The number of nitriles is 2. The highest BCUT2D eigenvalue weighted by molar-refractivity contribution is 7.87. The maximum absolute atomic E-state index is 12.1. The smallest absolute Gasteiger partial charge is 0.339 e. The summed E-state index contributed by atoms with van der Waals surface area (Å²) in [4.78, 5) is -0.0102. The summed E-state index contributed by atoms with van der Waals surface area (Å²) < 4.78 is 29.2. The van der Waals surface area contributed by atoms with Gasteiger partial charge in [0.2, 0.25) is 0 Å². The van der Waals surface area contributed by atoms with Crippen molar-refractivity contribution >= 4 is 16.2 Å². The van der Waals surface area contributed by atoms with Crippen molar-refractivity contribution in [2.24, 2.45) is 0 Å². The van der Waals surface area contributed by atoms with Gasteiger partial charge >= 0.3 is 10.1 Å². The first-order chi connectivity index (χ1) is 10.5. The van der Waals surface area contributed by atoms with Gasteiger partial charge in [-0.2, -0.15) is 18.9 Å². The molecule has 2 aromatic carbocycles. The second kappa shape index (κ2) is 6.57. The van der Waals surface area contributed by atoms with Gasteiger partial charge in [0.15, 0.2) is 0 Å². The summed E-state index contributed by atoms with van der Waals surface area (Å²) in [6.45, 7) is 0. The van der Waals surface area contributed by atoms with Gasteiger partial charge < -0.3 is 4.18 Å². The van der Waals surface area contributed by atoms with E-state index in [0.29, 0.717) is 5.56 Å². The molecule has 2 aromatic rings. The number of rotatable bonds is 4. The monoisotopic (exact) mass is 310 g/mol. The summed E-state index contributed by atoms with van der Waals surface area (Å²) in [6.07, 6.45) is 1.37. The minimum atomic E-state index is -3.92. The first-order valence-electron chi connectivity index (χ1n) is 6.16. The van der Waals surface area contributed by atoms with Crippen molar-refractivity contribution in [3.8, 4) is 17.9 Å². The standard InChI is InChI=1S/C16H10N2O3S/c17-11-14(12-18)10-13-6-8-16(9-7-13)22(19,20)21-15-4-2-1-3-5-15/h1-10H. The summed E-state index contributed by atoms with van der Waals surface area (Å²) >= 11 is 0. The number of nitrogens with zero attached hydrogens (tertiary/aromatic N) is 2. The fraction of sp³-hybridized carbons (Fsp3) is 0. The van der Waals surface area contributed by atoms with E-state index in [2.05, 4.69) is 0 Å². The summed E-state index contributed by atoms with van der Waals surface area (Å²) in [6, 6.07) is 17.4. The lowest BCUT2D eigenvalue weighted by atomic mass is 10.1. The highest BCUT2D eigenvalue weighted by Gasteiger charge is 2.16. The molecule has 5 nitrogen and oxygen atoms in total. The van der Waals surface area contributed by atoms with E-state index in [4.69, 9.17) is 14.7 Å². The number of hydrogen-bond acceptors (Lipinski definition) is 5. The quantitative estimate of drug-likeness (QED) is 0.639. The zero-order chi connectivity index (χ0) is 16.0. The predicted molar refractivity (Wildman–Crippen MR) is 79.9 cm³/mol. The van der Waals surface area contributed by atoms with Crippen LogP contribution in [-0.4, -0.2) is 8.42 Å². The van der Waals surface area contributed by atoms with Gasteiger partial charge in [-0.25, -0.2) is 0 Å². The van der Waals surface area contributed by atoms with Gasteiger partial charge in [-0.15, -0.1) is 0 Å². The molecule has 0 heterocycles. The Hall–Kier alpha value is -3.09. The number of hydrogen-bond donors (Lipinski definition) is 0. The van der Waals surface area contributed by atoms with E-state index in [1.54, 1.807) is 42.5 Å². The van der Waals surface area contributed by atoms with Crippen LogP contribution in [0.2, 0.25) is 0 Å². The van der Waals surface area contributed by atoms with Crippen LogP contribution in [0, 0.1) is 22.7 Å². The van der Waals surface area contributed by atoms with E-state index in [9.17, 15) is 8.42 Å². The van der Waals surface area contributed by atoms with Crippen LogP contribution < -0.4 is 4.18 Å². The van der Waals surface area contributed by atoms with Crippen molar-refractivity contribution in [1.82, 2.24) is 0 Å². The summed E-state index contributed by atoms with van der Waals surface area (Å²) in [5.41, 5.74) is 0.493. The van der Waals surface area contributed by atoms with E-state index in [0.717, 1.165) is 0 Å². The van der Waals surface area contributed by atoms with Crippen LogP contribution in [0.5, 0.6) is 5.75 Å². The van der Waals surface area contributed by atoms with Gasteiger partial charge in [0.05, 0.1) is 0 Å². The highest BCUT2D eigenvalue weighted by Crippen LogP contribution is 2.19. The van der Waals surface area contributed by atoms with Crippen LogP contribution in [0.1, 0.15) is 5.56 Å². The fourth-order valence-corrected chi connectivity index (χ4v) is 2.57. The minimum Gasteiger partial charge on any atom is -0.379 e. The molecule has 2 rings (SSSR count). The molecule has 0 saturated heterocycles. The Labute approximate surface area is 128 Å². The SMILES string of the molecule is N#CC(C#N)=Cc1ccc(S(=O)(=O)Oc2ccccc2)cc1. The molecule has 0 spiro atoms. The molecule has 0 fully saturated rings. The minimum absolute atomic E-state index is 0.0102. The lowest BCUT2D eigenvalue weighted by Crippen LogP contribution is -2.09. The van der Waals surface area contributed by atoms with E-state index in [1.807, 2.05) is 0 Å². The molecule has 108 valence electrons. The van der Waals surface area contributed by atoms with Crippen LogP contribution in [0.25, 0.3) is 6.08 Å². The van der Waals surface area contributed by atoms with Crippen molar-refractivity contribution in [2.75, 3.05) is 0 Å². The van der Waals surface area contributed by atoms with Gasteiger partial charge in [0, 0.05) is 0 Å². The average molecular weight is 310 g/mol. The predicted octanol–water partition coefficient (Wildman–Crippen LogP) is 2.88. The van der Waals surface area contributed by atoms with Crippen LogP contribution in [-0.2, 0) is 10.1 Å². The molecule has 0 amide bonds. The number of benzene rings is 2. The highest BCUT2D eigenvalue weighted by atomic mass is 32.2. The van der Waals surface area contributed by atoms with Crippen LogP contribution in [0.3, 0.4) is 0 Å². The summed E-state index contributed by atoms with van der Waals surface area (Å²) in [5, 5.41) is 17.4. The Kier molecular flexibility index (Phi) is 4.57. The zero-order valence-corrected chi connectivity index (χ0v) is 12.1. The Morgan fingerprint density at radius 2 is 1.55 bits per heavy atom. The third-order valence-corrected chi connectivity index (χ3v) is 3.93. The summed E-state index contributed by atoms with van der Waals surface area (Å²) in [5.74, 6) is 0.225. The Morgan fingerprint density at radius 3 is 2.09 bits per heavy atom. The maximum atomic E-state index is 12.1. The lowest BCUT2D eigenvalue weighted by molar-refractivity contribution is 0.486. The molecule has 6 heteroatoms. The van der Waals surface area contributed by atoms with E-state index in [-0.39, 0.29) is 16.2 Å². The van der Waals surface area contributed by atoms with Crippen LogP contribution in [0.4, 0.5) is 0 Å². The van der Waals surface area contributed by atoms with E-state index >= 15 is 0 Å². The molecule has 0 aliphatic heterocycles. The van der Waals surface area contributed by atoms with Gasteiger partial charge in [0.25, 0.3) is 0 Å². The average Bonchev–Trinajstić information content (AvgIpc) is 2.53. The van der Waals surface area contributed by atoms with Gasteiger partial charge in [-0.3, -0.25) is 0 Å². The molecule has 0 aliphatic rings. The topological polar surface area (TPSA) is 91.0 Å². The molecule has 0 aromatic heterocycles. The van der Waals surface area contributed by atoms with Crippen molar-refractivity contribution < 1.29 is 12.6 Å². The van der Waals surface area contributed by atoms with Crippen molar-refractivity contribution in [1.29, 1.82) is 10.5 Å². The van der Waals surface area contributed by atoms with E-state index < -0.39 is 10.1 Å². The molecular formula is C16H10N2O3S. The zero-order valence-electron chi connectivity index (χ0n) is 11.3. The first kappa shape index (κ1) is 15.3. The number of allylic oxidation sites excluding steroid dienone is 1. The molecule has 22 heavy (non-hydrogen) atoms. The molecule has 0 aliphatic carbocycles. The number of para-hydroxylation sites is 1. The fourth-order valence-electron chi connectivity index (χ4n) is 1.64. The largest absolute Gasteiger partial charge is 0.379 e. The third kappa shape index (κ3) is 3.72. The van der Waals surface area contributed by atoms with Crippen molar-refractivity contribution in [3.63, 3.8) is 0 Å². The molecule has 0 unspecified atom stereocenters. The van der Waals surface area contributed by atoms with Gasteiger partial charge in [-0.1, -0.05) is 30.3 Å². The second-order valence-corrected chi connectivity index (χ2v) is 5.75. The molecule has 0 atom stereocenters. The molecule has 0 bridgehead atoms. The molecule has 0 radical (unpaired) electrons. The van der Waals surface area contributed by atoms with Gasteiger partial charge in [-0.05, 0) is 35.9 Å². The normalized spacial score (nSPS) is 10.1. The first-order valence-corrected chi connectivity index (χ1v) is 7.57. The molecule has 0 saturated carbocycles. The van der Waals surface area contributed by atoms with Crippen molar-refractivity contribution in [3.05, 3.63) is 65.7 Å². The summed E-state index contributed by atoms with van der Waals surface area (Å²) in [7, 11) is -3.92. The van der Waals surface area contributed by atoms with Gasteiger partial charge in [0.1, 0.15) is 28.4 Å². The Bertz CT molecular complexity index is 856. The third-order valence-electron chi connectivity index (χ3n) is 2.67. The Morgan fingerprint density at radius 1 is 0.955 bits per heavy atom. The second-order valence-electron chi connectivity index (χ2n) is 4.20. The van der Waals surface area contributed by atoms with Crippen LogP contribution >= 0.6 is 0 Å². The molecule has 0 N–H and O–H groups in total. The Balaban J connectivity index is 2.25. The lowest BCUT2D eigenvalue weighted by Gasteiger charge is -2.06. The van der Waals surface area contributed by atoms with Crippen LogP contribution in [0.15, 0.2) is 65.1 Å².